The third-order valence-corrected chi connectivity index (χ3v) is 6.43. The standard InChI is InChI=1S/C30H36ClN3O4/c1-20-19-34(29(37)38-30(2,3)4)15-5-6-23(20)18-26(35)16-21-9-13-25(14-10-21)33-28(36)27(32)17-22-7-11-24(31)12-8-22/h7-14,18,20,32H,5-6,15-17,19H2,1-4H3,(H,33,36)/b23-18-,32-27?/t20-/m1/s1. The molecule has 0 bridgehead atoms. The molecule has 1 heterocycles. The van der Waals surface area contributed by atoms with E-state index in [1.165, 1.54) is 0 Å². The topological polar surface area (TPSA) is 99.6 Å². The van der Waals surface area contributed by atoms with Gasteiger partial charge in [-0.2, -0.15) is 0 Å². The lowest BCUT2D eigenvalue weighted by atomic mass is 9.95. The maximum absolute atomic E-state index is 12.8. The van der Waals surface area contributed by atoms with Crippen molar-refractivity contribution in [2.24, 2.45) is 5.92 Å². The number of rotatable bonds is 7. The summed E-state index contributed by atoms with van der Waals surface area (Å²) in [5, 5.41) is 11.4. The van der Waals surface area contributed by atoms with Crippen molar-refractivity contribution in [2.75, 3.05) is 18.4 Å². The van der Waals surface area contributed by atoms with Gasteiger partial charge in [-0.3, -0.25) is 15.0 Å². The zero-order valence-electron chi connectivity index (χ0n) is 22.5. The highest BCUT2D eigenvalue weighted by Gasteiger charge is 2.26. The van der Waals surface area contributed by atoms with Crippen LogP contribution in [0.15, 0.2) is 60.2 Å². The summed E-state index contributed by atoms with van der Waals surface area (Å²) in [6, 6.07) is 14.1. The minimum Gasteiger partial charge on any atom is -0.444 e. The molecule has 1 fully saturated rings. The second-order valence-corrected chi connectivity index (χ2v) is 11.2. The van der Waals surface area contributed by atoms with E-state index in [0.717, 1.165) is 29.5 Å². The summed E-state index contributed by atoms with van der Waals surface area (Å²) in [4.78, 5) is 39.4. The van der Waals surface area contributed by atoms with E-state index in [-0.39, 0.29) is 36.3 Å². The zero-order valence-corrected chi connectivity index (χ0v) is 23.2. The highest BCUT2D eigenvalue weighted by atomic mass is 35.5. The second-order valence-electron chi connectivity index (χ2n) is 10.7. The van der Waals surface area contributed by atoms with E-state index < -0.39 is 11.5 Å². The molecule has 0 unspecified atom stereocenters. The average molecular weight is 538 g/mol. The minimum atomic E-state index is -0.543. The summed E-state index contributed by atoms with van der Waals surface area (Å²) in [7, 11) is 0. The van der Waals surface area contributed by atoms with Crippen LogP contribution in [0, 0.1) is 11.3 Å². The van der Waals surface area contributed by atoms with Crippen LogP contribution >= 0.6 is 11.6 Å². The summed E-state index contributed by atoms with van der Waals surface area (Å²) < 4.78 is 5.51. The molecular weight excluding hydrogens is 502 g/mol. The van der Waals surface area contributed by atoms with Crippen LogP contribution in [0.1, 0.15) is 51.7 Å². The average Bonchev–Trinajstić information content (AvgIpc) is 3.02. The van der Waals surface area contributed by atoms with Crippen molar-refractivity contribution in [1.82, 2.24) is 4.90 Å². The predicted octanol–water partition coefficient (Wildman–Crippen LogP) is 6.25. The normalized spacial score (nSPS) is 17.0. The minimum absolute atomic E-state index is 0.000837. The molecule has 1 atom stereocenters. The molecule has 202 valence electrons. The molecule has 0 aliphatic carbocycles. The molecule has 1 saturated heterocycles. The van der Waals surface area contributed by atoms with E-state index in [0.29, 0.717) is 23.8 Å². The number of ether oxygens (including phenoxy) is 1. The Balaban J connectivity index is 1.52. The number of hydrogen-bond acceptors (Lipinski definition) is 5. The van der Waals surface area contributed by atoms with Gasteiger partial charge >= 0.3 is 6.09 Å². The van der Waals surface area contributed by atoms with Crippen LogP contribution in [-0.2, 0) is 27.2 Å². The molecule has 7 nitrogen and oxygen atoms in total. The summed E-state index contributed by atoms with van der Waals surface area (Å²) in [5.74, 6) is -0.412. The Morgan fingerprint density at radius 1 is 1.05 bits per heavy atom. The van der Waals surface area contributed by atoms with Crippen molar-refractivity contribution in [3.8, 4) is 0 Å². The Kier molecular flexibility index (Phi) is 9.86. The lowest BCUT2D eigenvalue weighted by Crippen LogP contribution is -2.38. The van der Waals surface area contributed by atoms with Gasteiger partial charge in [0.2, 0.25) is 0 Å². The molecule has 8 heteroatoms. The number of anilines is 1. The van der Waals surface area contributed by atoms with Crippen LogP contribution in [-0.4, -0.2) is 47.1 Å². The van der Waals surface area contributed by atoms with E-state index >= 15 is 0 Å². The highest BCUT2D eigenvalue weighted by molar-refractivity contribution is 6.42. The zero-order chi connectivity index (χ0) is 27.9. The maximum atomic E-state index is 12.8. The first kappa shape index (κ1) is 29.1. The molecule has 0 saturated carbocycles. The van der Waals surface area contributed by atoms with Crippen LogP contribution in [0.25, 0.3) is 0 Å². The molecule has 2 N–H and O–H groups in total. The fraction of sp³-hybridized carbons (Fsp3) is 0.400. The van der Waals surface area contributed by atoms with Gasteiger partial charge in [-0.1, -0.05) is 48.4 Å². The lowest BCUT2D eigenvalue weighted by Gasteiger charge is -2.27. The van der Waals surface area contributed by atoms with E-state index in [4.69, 9.17) is 21.7 Å². The first-order chi connectivity index (χ1) is 17.9. The molecule has 0 radical (unpaired) electrons. The van der Waals surface area contributed by atoms with Gasteiger partial charge in [0.15, 0.2) is 5.78 Å². The molecule has 2 aromatic rings. The van der Waals surface area contributed by atoms with Gasteiger partial charge in [-0.25, -0.2) is 4.79 Å². The van der Waals surface area contributed by atoms with E-state index in [2.05, 4.69) is 5.32 Å². The Labute approximate surface area is 229 Å². The van der Waals surface area contributed by atoms with Crippen LogP contribution < -0.4 is 5.32 Å². The number of carbonyl (C=O) groups is 3. The molecule has 0 spiro atoms. The van der Waals surface area contributed by atoms with Crippen molar-refractivity contribution in [3.63, 3.8) is 0 Å². The van der Waals surface area contributed by atoms with Crippen LogP contribution in [0.3, 0.4) is 0 Å². The number of allylic oxidation sites excluding steroid dienone is 1. The largest absolute Gasteiger partial charge is 0.444 e. The molecule has 2 amide bonds. The molecule has 1 aliphatic heterocycles. The smallest absolute Gasteiger partial charge is 0.410 e. The SMILES string of the molecule is C[C@@H]1CN(C(=O)OC(C)(C)C)CCC/C1=C/C(=O)Cc1ccc(NC(=O)C(=N)Cc2ccc(Cl)cc2)cc1. The van der Waals surface area contributed by atoms with Gasteiger partial charge in [0.25, 0.3) is 5.91 Å². The molecule has 1 aliphatic rings. The van der Waals surface area contributed by atoms with E-state index in [1.54, 1.807) is 59.5 Å². The lowest BCUT2D eigenvalue weighted by molar-refractivity contribution is -0.114. The quantitative estimate of drug-likeness (QED) is 0.322. The Morgan fingerprint density at radius 3 is 2.29 bits per heavy atom. The van der Waals surface area contributed by atoms with Crippen LogP contribution in [0.5, 0.6) is 0 Å². The maximum Gasteiger partial charge on any atom is 0.410 e. The monoisotopic (exact) mass is 537 g/mol. The van der Waals surface area contributed by atoms with Gasteiger partial charge in [0.05, 0.1) is 0 Å². The van der Waals surface area contributed by atoms with Crippen molar-refractivity contribution in [1.29, 1.82) is 5.41 Å². The van der Waals surface area contributed by atoms with Crippen molar-refractivity contribution in [2.45, 2.75) is 59.0 Å². The van der Waals surface area contributed by atoms with Crippen molar-refractivity contribution >= 4 is 40.8 Å². The van der Waals surface area contributed by atoms with Crippen molar-refractivity contribution in [3.05, 3.63) is 76.3 Å². The summed E-state index contributed by atoms with van der Waals surface area (Å²) in [5.41, 5.74) is 2.67. The van der Waals surface area contributed by atoms with Crippen LogP contribution in [0.2, 0.25) is 5.02 Å². The Bertz CT molecular complexity index is 1200. The molecule has 2 aromatic carbocycles. The number of nitrogens with one attached hydrogen (secondary N) is 2. The number of amides is 2. The number of nitrogens with zero attached hydrogens (tertiary/aromatic N) is 1. The van der Waals surface area contributed by atoms with Gasteiger partial charge in [0, 0.05) is 36.6 Å². The fourth-order valence-corrected chi connectivity index (χ4v) is 4.35. The highest BCUT2D eigenvalue weighted by Crippen LogP contribution is 2.24. The number of ketones is 1. The van der Waals surface area contributed by atoms with E-state index in [9.17, 15) is 14.4 Å². The van der Waals surface area contributed by atoms with Crippen LogP contribution in [0.4, 0.5) is 10.5 Å². The summed E-state index contributed by atoms with van der Waals surface area (Å²) >= 11 is 5.88. The Morgan fingerprint density at radius 2 is 1.66 bits per heavy atom. The number of halogens is 1. The number of likely N-dealkylation sites (tertiary alicyclic amines) is 1. The summed E-state index contributed by atoms with van der Waals surface area (Å²) in [6.07, 6.45) is 3.40. The van der Waals surface area contributed by atoms with Gasteiger partial charge < -0.3 is 15.0 Å². The molecule has 0 aromatic heterocycles. The third-order valence-electron chi connectivity index (χ3n) is 6.18. The van der Waals surface area contributed by atoms with Gasteiger partial charge in [-0.05, 0) is 81.0 Å². The molecule has 38 heavy (non-hydrogen) atoms. The molecular formula is C30H36ClN3O4. The second kappa shape index (κ2) is 12.9. The van der Waals surface area contributed by atoms with Gasteiger partial charge in [-0.15, -0.1) is 0 Å². The number of carbonyl (C=O) groups excluding carboxylic acids is 3. The van der Waals surface area contributed by atoms with Crippen molar-refractivity contribution < 1.29 is 19.1 Å². The third kappa shape index (κ3) is 9.14. The first-order valence-electron chi connectivity index (χ1n) is 12.8. The van der Waals surface area contributed by atoms with Gasteiger partial charge in [0.1, 0.15) is 11.3 Å². The number of benzene rings is 2. The Hall–Kier alpha value is -3.45. The fourth-order valence-electron chi connectivity index (χ4n) is 4.22. The van der Waals surface area contributed by atoms with E-state index in [1.807, 2.05) is 27.7 Å². The first-order valence-corrected chi connectivity index (χ1v) is 13.2. The number of hydrogen-bond donors (Lipinski definition) is 2. The molecule has 3 rings (SSSR count). The predicted molar refractivity (Wildman–Crippen MR) is 151 cm³/mol. The summed E-state index contributed by atoms with van der Waals surface area (Å²) in [6.45, 7) is 8.72.